The Morgan fingerprint density at radius 3 is 2.70 bits per heavy atom. The van der Waals surface area contributed by atoms with E-state index in [1.54, 1.807) is 19.2 Å². The van der Waals surface area contributed by atoms with E-state index < -0.39 is 20.8 Å². The van der Waals surface area contributed by atoms with E-state index in [9.17, 15) is 12.6 Å². The van der Waals surface area contributed by atoms with Gasteiger partial charge in [0.15, 0.2) is 0 Å². The van der Waals surface area contributed by atoms with Crippen LogP contribution >= 0.6 is 0 Å². The second kappa shape index (κ2) is 7.92. The lowest BCUT2D eigenvalue weighted by Crippen LogP contribution is -2.32. The molecule has 20 heavy (non-hydrogen) atoms. The first-order valence-electron chi connectivity index (χ1n) is 6.48. The van der Waals surface area contributed by atoms with E-state index in [1.165, 1.54) is 6.07 Å². The quantitative estimate of drug-likeness (QED) is 0.657. The minimum absolute atomic E-state index is 0.111. The zero-order valence-corrected chi connectivity index (χ0v) is 13.6. The Labute approximate surface area is 122 Å². The summed E-state index contributed by atoms with van der Waals surface area (Å²) in [7, 11) is -4.75. The fourth-order valence-electron chi connectivity index (χ4n) is 1.40. The van der Waals surface area contributed by atoms with Gasteiger partial charge in [-0.1, -0.05) is 6.92 Å². The van der Waals surface area contributed by atoms with E-state index >= 15 is 0 Å². The van der Waals surface area contributed by atoms with E-state index in [4.69, 9.17) is 4.42 Å². The van der Waals surface area contributed by atoms with Crippen molar-refractivity contribution in [3.63, 3.8) is 0 Å². The number of sulfonamides is 1. The average molecular weight is 322 g/mol. The molecule has 0 aromatic carbocycles. The molecule has 116 valence electrons. The molecule has 0 aliphatic heterocycles. The SMILES string of the molecule is CCCNCc1ccc(S(=O)(=O)NCC(C)S(C)=O)o1. The smallest absolute Gasteiger partial charge is 0.273 e. The summed E-state index contributed by atoms with van der Waals surface area (Å²) in [6.07, 6.45) is 2.54. The summed E-state index contributed by atoms with van der Waals surface area (Å²) in [6, 6.07) is 3.07. The lowest BCUT2D eigenvalue weighted by Gasteiger charge is -2.09. The molecule has 2 N–H and O–H groups in total. The fraction of sp³-hybridized carbons (Fsp3) is 0.667. The molecule has 1 rings (SSSR count). The van der Waals surface area contributed by atoms with Gasteiger partial charge < -0.3 is 9.73 Å². The Bertz CT molecular complexity index is 539. The van der Waals surface area contributed by atoms with E-state index in [2.05, 4.69) is 10.0 Å². The molecule has 0 fully saturated rings. The molecule has 0 aliphatic carbocycles. The average Bonchev–Trinajstić information content (AvgIpc) is 2.86. The molecule has 0 bridgehead atoms. The van der Waals surface area contributed by atoms with Crippen molar-refractivity contribution in [3.05, 3.63) is 17.9 Å². The summed E-state index contributed by atoms with van der Waals surface area (Å²) in [4.78, 5) is 0. The summed E-state index contributed by atoms with van der Waals surface area (Å²) >= 11 is 0. The molecule has 0 amide bonds. The van der Waals surface area contributed by atoms with Gasteiger partial charge >= 0.3 is 0 Å². The predicted molar refractivity (Wildman–Crippen MR) is 79.4 cm³/mol. The standard InChI is InChI=1S/C12H22N2O4S2/c1-4-7-13-9-11-5-6-12(18-11)20(16,17)14-8-10(2)19(3)15/h5-6,10,13-14H,4,7-9H2,1-3H3. The number of rotatable bonds is 9. The largest absolute Gasteiger partial charge is 0.447 e. The van der Waals surface area contributed by atoms with E-state index in [-0.39, 0.29) is 16.9 Å². The van der Waals surface area contributed by atoms with Gasteiger partial charge in [0.2, 0.25) is 5.09 Å². The van der Waals surface area contributed by atoms with E-state index in [1.807, 2.05) is 6.92 Å². The number of nitrogens with one attached hydrogen (secondary N) is 2. The highest BCUT2D eigenvalue weighted by atomic mass is 32.2. The van der Waals surface area contributed by atoms with Gasteiger partial charge in [-0.05, 0) is 32.0 Å². The van der Waals surface area contributed by atoms with Crippen molar-refractivity contribution < 1.29 is 17.0 Å². The molecule has 0 saturated heterocycles. The molecule has 6 nitrogen and oxygen atoms in total. The number of hydrogen-bond donors (Lipinski definition) is 2. The minimum atomic E-state index is -3.68. The Balaban J connectivity index is 2.61. The Hall–Kier alpha value is -0.700. The third-order valence-electron chi connectivity index (χ3n) is 2.76. The molecule has 1 aromatic heterocycles. The first kappa shape index (κ1) is 17.4. The van der Waals surface area contributed by atoms with Crippen LogP contribution in [0.3, 0.4) is 0 Å². The Morgan fingerprint density at radius 2 is 2.10 bits per heavy atom. The lowest BCUT2D eigenvalue weighted by molar-refractivity contribution is 0.400. The topological polar surface area (TPSA) is 88.4 Å². The van der Waals surface area contributed by atoms with E-state index in [0.717, 1.165) is 13.0 Å². The Morgan fingerprint density at radius 1 is 1.40 bits per heavy atom. The summed E-state index contributed by atoms with van der Waals surface area (Å²) in [5, 5.41) is 2.78. The maximum atomic E-state index is 12.0. The maximum Gasteiger partial charge on any atom is 0.273 e. The second-order valence-electron chi connectivity index (χ2n) is 4.56. The van der Waals surface area contributed by atoms with Gasteiger partial charge in [-0.25, -0.2) is 13.1 Å². The summed E-state index contributed by atoms with van der Waals surface area (Å²) in [5.41, 5.74) is 0. The van der Waals surface area contributed by atoms with Crippen molar-refractivity contribution >= 4 is 20.8 Å². The molecule has 0 aliphatic rings. The van der Waals surface area contributed by atoms with Gasteiger partial charge in [0.05, 0.1) is 6.54 Å². The van der Waals surface area contributed by atoms with Crippen LogP contribution < -0.4 is 10.0 Å². The van der Waals surface area contributed by atoms with Gasteiger partial charge in [-0.2, -0.15) is 0 Å². The molecule has 1 aromatic rings. The normalized spacial score (nSPS) is 15.2. The van der Waals surface area contributed by atoms with Crippen LogP contribution in [0.1, 0.15) is 26.0 Å². The predicted octanol–water partition coefficient (Wildman–Crippen LogP) is 0.824. The lowest BCUT2D eigenvalue weighted by atomic mass is 10.4. The number of hydrogen-bond acceptors (Lipinski definition) is 5. The van der Waals surface area contributed by atoms with Crippen molar-refractivity contribution in [2.75, 3.05) is 19.3 Å². The van der Waals surface area contributed by atoms with Crippen LogP contribution in [0.5, 0.6) is 0 Å². The van der Waals surface area contributed by atoms with Crippen molar-refractivity contribution in [2.24, 2.45) is 0 Å². The third kappa shape index (κ3) is 5.35. The molecular weight excluding hydrogens is 300 g/mol. The number of furan rings is 1. The van der Waals surface area contributed by atoms with Crippen molar-refractivity contribution in [1.82, 2.24) is 10.0 Å². The molecule has 0 radical (unpaired) electrons. The van der Waals surface area contributed by atoms with Crippen molar-refractivity contribution in [2.45, 2.75) is 37.2 Å². The molecule has 8 heteroatoms. The van der Waals surface area contributed by atoms with Gasteiger partial charge in [-0.3, -0.25) is 4.21 Å². The van der Waals surface area contributed by atoms with Crippen LogP contribution in [0, 0.1) is 0 Å². The highest BCUT2D eigenvalue weighted by Gasteiger charge is 2.20. The summed E-state index contributed by atoms with van der Waals surface area (Å²) in [5.74, 6) is 0.575. The summed E-state index contributed by atoms with van der Waals surface area (Å²) in [6.45, 7) is 5.24. The first-order chi connectivity index (χ1) is 9.36. The zero-order valence-electron chi connectivity index (χ0n) is 12.0. The third-order valence-corrected chi connectivity index (χ3v) is 5.35. The maximum absolute atomic E-state index is 12.0. The van der Waals surface area contributed by atoms with Crippen LogP contribution in [-0.2, 0) is 27.4 Å². The molecule has 0 saturated carbocycles. The van der Waals surface area contributed by atoms with Gasteiger partial charge in [0, 0.05) is 28.9 Å². The highest BCUT2D eigenvalue weighted by molar-refractivity contribution is 7.89. The van der Waals surface area contributed by atoms with Gasteiger partial charge in [0.25, 0.3) is 10.0 Å². The van der Waals surface area contributed by atoms with Crippen molar-refractivity contribution in [3.8, 4) is 0 Å². The van der Waals surface area contributed by atoms with E-state index in [0.29, 0.717) is 12.3 Å². The zero-order chi connectivity index (χ0) is 15.2. The van der Waals surface area contributed by atoms with Crippen LogP contribution in [0.15, 0.2) is 21.6 Å². The van der Waals surface area contributed by atoms with Gasteiger partial charge in [0.1, 0.15) is 5.76 Å². The molecule has 1 heterocycles. The van der Waals surface area contributed by atoms with Gasteiger partial charge in [-0.15, -0.1) is 0 Å². The highest BCUT2D eigenvalue weighted by Crippen LogP contribution is 2.13. The molecular formula is C12H22N2O4S2. The van der Waals surface area contributed by atoms with Crippen LogP contribution in [-0.4, -0.2) is 37.2 Å². The minimum Gasteiger partial charge on any atom is -0.447 e. The summed E-state index contributed by atoms with van der Waals surface area (Å²) < 4.78 is 42.9. The monoisotopic (exact) mass is 322 g/mol. The fourth-order valence-corrected chi connectivity index (χ4v) is 2.90. The molecule has 2 atom stereocenters. The van der Waals surface area contributed by atoms with Crippen LogP contribution in [0.2, 0.25) is 0 Å². The van der Waals surface area contributed by atoms with Crippen LogP contribution in [0.4, 0.5) is 0 Å². The second-order valence-corrected chi connectivity index (χ2v) is 8.06. The molecule has 2 unspecified atom stereocenters. The van der Waals surface area contributed by atoms with Crippen molar-refractivity contribution in [1.29, 1.82) is 0 Å². The Kier molecular flexibility index (Phi) is 6.87. The van der Waals surface area contributed by atoms with Crippen LogP contribution in [0.25, 0.3) is 0 Å². The first-order valence-corrected chi connectivity index (χ1v) is 9.58. The molecule has 0 spiro atoms.